The normalized spacial score (nSPS) is 17.3. The summed E-state index contributed by atoms with van der Waals surface area (Å²) in [5.74, 6) is -0.256. The molecule has 0 saturated heterocycles. The molecule has 1 aliphatic rings. The number of hydrogen-bond acceptors (Lipinski definition) is 3. The van der Waals surface area contributed by atoms with Crippen LogP contribution in [0.25, 0.3) is 0 Å². The van der Waals surface area contributed by atoms with Crippen LogP contribution in [-0.2, 0) is 13.5 Å². The maximum absolute atomic E-state index is 12.3. The molecule has 1 aromatic carbocycles. The Morgan fingerprint density at radius 2 is 2.09 bits per heavy atom. The number of carbonyl (C=O) groups is 1. The van der Waals surface area contributed by atoms with E-state index in [9.17, 15) is 9.59 Å². The van der Waals surface area contributed by atoms with Crippen LogP contribution in [0.3, 0.4) is 0 Å². The topological polar surface area (TPSA) is 79.8 Å². The molecular weight excluding hydrogens is 292 g/mol. The Morgan fingerprint density at radius 3 is 2.61 bits per heavy atom. The van der Waals surface area contributed by atoms with Crippen molar-refractivity contribution in [2.24, 2.45) is 12.5 Å². The van der Waals surface area contributed by atoms with E-state index in [4.69, 9.17) is 0 Å². The number of nitrogens with one attached hydrogen (secondary N) is 2. The fourth-order valence-corrected chi connectivity index (χ4v) is 3.32. The molecule has 122 valence electrons. The molecule has 23 heavy (non-hydrogen) atoms. The SMILES string of the molecule is C[C@@H](NC(=O)c1nn(C)c(=O)[nH]1)C1(Cc2ccccc2)CCC1. The molecule has 0 bridgehead atoms. The second-order valence-electron chi connectivity index (χ2n) is 6.48. The van der Waals surface area contributed by atoms with E-state index in [0.29, 0.717) is 0 Å². The molecule has 6 heteroatoms. The van der Waals surface area contributed by atoms with Crippen LogP contribution < -0.4 is 11.0 Å². The summed E-state index contributed by atoms with van der Waals surface area (Å²) in [6.07, 6.45) is 4.34. The number of carbonyl (C=O) groups excluding carboxylic acids is 1. The number of H-pyrrole nitrogens is 1. The molecular formula is C17H22N4O2. The maximum Gasteiger partial charge on any atom is 0.343 e. The number of aromatic nitrogens is 3. The second-order valence-corrected chi connectivity index (χ2v) is 6.48. The van der Waals surface area contributed by atoms with Gasteiger partial charge in [-0.25, -0.2) is 9.48 Å². The number of hydrogen-bond donors (Lipinski definition) is 2. The van der Waals surface area contributed by atoms with Gasteiger partial charge >= 0.3 is 5.69 Å². The monoisotopic (exact) mass is 314 g/mol. The third-order valence-electron chi connectivity index (χ3n) is 5.00. The second kappa shape index (κ2) is 6.02. The van der Waals surface area contributed by atoms with E-state index >= 15 is 0 Å². The summed E-state index contributed by atoms with van der Waals surface area (Å²) in [5.41, 5.74) is 0.997. The highest BCUT2D eigenvalue weighted by Gasteiger charge is 2.42. The van der Waals surface area contributed by atoms with Crippen LogP contribution in [0, 0.1) is 5.41 Å². The summed E-state index contributed by atoms with van der Waals surface area (Å²) < 4.78 is 1.13. The molecule has 0 spiro atoms. The summed E-state index contributed by atoms with van der Waals surface area (Å²) in [6.45, 7) is 2.04. The molecule has 0 aliphatic heterocycles. The minimum Gasteiger partial charge on any atom is -0.346 e. The zero-order chi connectivity index (χ0) is 16.4. The minimum atomic E-state index is -0.384. The summed E-state index contributed by atoms with van der Waals surface area (Å²) in [6, 6.07) is 10.4. The van der Waals surface area contributed by atoms with Gasteiger partial charge in [-0.15, -0.1) is 5.10 Å². The van der Waals surface area contributed by atoms with E-state index in [-0.39, 0.29) is 28.9 Å². The van der Waals surface area contributed by atoms with E-state index in [1.807, 2.05) is 25.1 Å². The zero-order valence-corrected chi connectivity index (χ0v) is 13.5. The van der Waals surface area contributed by atoms with Crippen molar-refractivity contribution in [2.75, 3.05) is 0 Å². The Labute approximate surface area is 134 Å². The molecule has 1 amide bonds. The Balaban J connectivity index is 1.71. The van der Waals surface area contributed by atoms with E-state index in [1.54, 1.807) is 0 Å². The highest BCUT2D eigenvalue weighted by Crippen LogP contribution is 2.46. The summed E-state index contributed by atoms with van der Waals surface area (Å²) in [7, 11) is 1.52. The summed E-state index contributed by atoms with van der Waals surface area (Å²) in [4.78, 5) is 26.2. The third-order valence-corrected chi connectivity index (χ3v) is 5.00. The minimum absolute atomic E-state index is 0.0227. The average molecular weight is 314 g/mol. The predicted octanol–water partition coefficient (Wildman–Crippen LogP) is 1.64. The van der Waals surface area contributed by atoms with Gasteiger partial charge in [0.25, 0.3) is 5.91 Å². The van der Waals surface area contributed by atoms with Gasteiger partial charge in [-0.3, -0.25) is 9.78 Å². The Hall–Kier alpha value is -2.37. The Bertz CT molecular complexity index is 743. The van der Waals surface area contributed by atoms with Crippen molar-refractivity contribution in [3.63, 3.8) is 0 Å². The van der Waals surface area contributed by atoms with E-state index in [1.165, 1.54) is 19.0 Å². The average Bonchev–Trinajstić information content (AvgIpc) is 2.83. The first kappa shape index (κ1) is 15.5. The van der Waals surface area contributed by atoms with Crippen molar-refractivity contribution in [3.8, 4) is 0 Å². The molecule has 6 nitrogen and oxygen atoms in total. The van der Waals surface area contributed by atoms with Gasteiger partial charge in [0, 0.05) is 13.1 Å². The standard InChI is InChI=1S/C17H22N4O2/c1-12(18-15(22)14-19-16(23)21(2)20-14)17(9-6-10-17)11-13-7-4-3-5-8-13/h3-5,7-8,12H,6,9-11H2,1-2H3,(H,18,22)(H,19,20,23)/t12-/m1/s1. The van der Waals surface area contributed by atoms with Gasteiger partial charge in [0.15, 0.2) is 0 Å². The lowest BCUT2D eigenvalue weighted by molar-refractivity contribution is 0.0660. The fraction of sp³-hybridized carbons (Fsp3) is 0.471. The molecule has 2 aromatic rings. The zero-order valence-electron chi connectivity index (χ0n) is 13.5. The number of benzene rings is 1. The van der Waals surface area contributed by atoms with Crippen LogP contribution in [0.15, 0.2) is 35.1 Å². The summed E-state index contributed by atoms with van der Waals surface area (Å²) in [5, 5.41) is 6.92. The van der Waals surface area contributed by atoms with Crippen molar-refractivity contribution >= 4 is 5.91 Å². The van der Waals surface area contributed by atoms with E-state index in [0.717, 1.165) is 23.9 Å². The lowest BCUT2D eigenvalue weighted by atomic mass is 9.61. The number of rotatable bonds is 5. The first-order valence-electron chi connectivity index (χ1n) is 7.98. The fourth-order valence-electron chi connectivity index (χ4n) is 3.32. The Kier molecular flexibility index (Phi) is 4.07. The van der Waals surface area contributed by atoms with Gasteiger partial charge < -0.3 is 5.32 Å². The first-order valence-corrected chi connectivity index (χ1v) is 7.98. The number of aromatic amines is 1. The smallest absolute Gasteiger partial charge is 0.343 e. The number of amides is 1. The van der Waals surface area contributed by atoms with Crippen molar-refractivity contribution in [1.82, 2.24) is 20.1 Å². The molecule has 1 atom stereocenters. The van der Waals surface area contributed by atoms with Crippen molar-refractivity contribution in [2.45, 2.75) is 38.6 Å². The van der Waals surface area contributed by atoms with Crippen LogP contribution in [0.5, 0.6) is 0 Å². The molecule has 0 radical (unpaired) electrons. The van der Waals surface area contributed by atoms with Crippen molar-refractivity contribution in [3.05, 3.63) is 52.2 Å². The lowest BCUT2D eigenvalue weighted by Crippen LogP contribution is -2.51. The molecule has 0 unspecified atom stereocenters. The van der Waals surface area contributed by atoms with Crippen LogP contribution in [0.1, 0.15) is 42.4 Å². The molecule has 1 heterocycles. The third kappa shape index (κ3) is 3.06. The van der Waals surface area contributed by atoms with Gasteiger partial charge in [0.05, 0.1) is 0 Å². The van der Waals surface area contributed by atoms with Crippen LogP contribution in [0.4, 0.5) is 0 Å². The number of aryl methyl sites for hydroxylation is 1. The number of nitrogens with zero attached hydrogens (tertiary/aromatic N) is 2. The van der Waals surface area contributed by atoms with Crippen LogP contribution in [0.2, 0.25) is 0 Å². The molecule has 1 saturated carbocycles. The van der Waals surface area contributed by atoms with Crippen LogP contribution >= 0.6 is 0 Å². The highest BCUT2D eigenvalue weighted by atomic mass is 16.2. The van der Waals surface area contributed by atoms with Gasteiger partial charge in [0.1, 0.15) is 0 Å². The molecule has 1 aliphatic carbocycles. The molecule has 1 aromatic heterocycles. The Morgan fingerprint density at radius 1 is 1.39 bits per heavy atom. The van der Waals surface area contributed by atoms with Crippen molar-refractivity contribution in [1.29, 1.82) is 0 Å². The van der Waals surface area contributed by atoms with Gasteiger partial charge in [-0.2, -0.15) is 0 Å². The van der Waals surface area contributed by atoms with E-state index in [2.05, 4.69) is 27.5 Å². The predicted molar refractivity (Wildman–Crippen MR) is 87.2 cm³/mol. The van der Waals surface area contributed by atoms with Gasteiger partial charge in [-0.05, 0) is 37.2 Å². The van der Waals surface area contributed by atoms with Crippen LogP contribution in [-0.4, -0.2) is 26.7 Å². The molecule has 3 rings (SSSR count). The molecule has 1 fully saturated rings. The highest BCUT2D eigenvalue weighted by molar-refractivity contribution is 5.90. The largest absolute Gasteiger partial charge is 0.346 e. The van der Waals surface area contributed by atoms with Crippen molar-refractivity contribution < 1.29 is 4.79 Å². The molecule has 2 N–H and O–H groups in total. The summed E-state index contributed by atoms with van der Waals surface area (Å²) >= 11 is 0. The van der Waals surface area contributed by atoms with Gasteiger partial charge in [-0.1, -0.05) is 36.8 Å². The quantitative estimate of drug-likeness (QED) is 0.880. The van der Waals surface area contributed by atoms with E-state index < -0.39 is 0 Å². The first-order chi connectivity index (χ1) is 11.0. The van der Waals surface area contributed by atoms with Gasteiger partial charge in [0.2, 0.25) is 5.82 Å². The lowest BCUT2D eigenvalue weighted by Gasteiger charge is -2.47. The maximum atomic E-state index is 12.3.